The molecule has 2 aromatic carbocycles. The SMILES string of the molecule is CC(CN1CCOCC1)C(C(=O)N1CCCC1)(c1ccc(F)cc1)c1ccc(F)cc1. The fourth-order valence-electron chi connectivity index (χ4n) is 5.10. The summed E-state index contributed by atoms with van der Waals surface area (Å²) in [4.78, 5) is 18.4. The van der Waals surface area contributed by atoms with E-state index in [4.69, 9.17) is 4.74 Å². The van der Waals surface area contributed by atoms with Crippen LogP contribution in [0, 0.1) is 17.6 Å². The molecule has 6 heteroatoms. The zero-order chi connectivity index (χ0) is 21.8. The monoisotopic (exact) mass is 428 g/mol. The smallest absolute Gasteiger partial charge is 0.238 e. The van der Waals surface area contributed by atoms with Gasteiger partial charge in [-0.25, -0.2) is 8.78 Å². The molecule has 2 aliphatic heterocycles. The molecule has 0 spiro atoms. The van der Waals surface area contributed by atoms with E-state index in [-0.39, 0.29) is 23.5 Å². The van der Waals surface area contributed by atoms with E-state index in [0.29, 0.717) is 32.8 Å². The Morgan fingerprint density at radius 1 is 0.903 bits per heavy atom. The predicted octanol–water partition coefficient (Wildman–Crippen LogP) is 3.84. The number of carbonyl (C=O) groups is 1. The topological polar surface area (TPSA) is 32.8 Å². The summed E-state index contributed by atoms with van der Waals surface area (Å²) in [5.74, 6) is -0.781. The standard InChI is InChI=1S/C25H30F2N2O2/c1-19(18-28-14-16-31-17-15-28)25(20-4-8-22(26)9-5-20,21-6-10-23(27)11-7-21)24(30)29-12-2-3-13-29/h4-11,19H,2-3,12-18H2,1H3. The molecule has 166 valence electrons. The van der Waals surface area contributed by atoms with Crippen LogP contribution in [0.1, 0.15) is 30.9 Å². The van der Waals surface area contributed by atoms with Gasteiger partial charge in [-0.2, -0.15) is 0 Å². The fourth-order valence-corrected chi connectivity index (χ4v) is 5.10. The van der Waals surface area contributed by atoms with Crippen LogP contribution in [0.3, 0.4) is 0 Å². The molecule has 0 N–H and O–H groups in total. The molecule has 31 heavy (non-hydrogen) atoms. The van der Waals surface area contributed by atoms with E-state index < -0.39 is 5.41 Å². The Hall–Kier alpha value is -2.31. The average molecular weight is 429 g/mol. The molecule has 4 rings (SSSR count). The van der Waals surface area contributed by atoms with Crippen LogP contribution in [0.5, 0.6) is 0 Å². The Morgan fingerprint density at radius 2 is 1.39 bits per heavy atom. The quantitative estimate of drug-likeness (QED) is 0.701. The average Bonchev–Trinajstić information content (AvgIpc) is 3.32. The van der Waals surface area contributed by atoms with Gasteiger partial charge in [-0.05, 0) is 54.2 Å². The van der Waals surface area contributed by atoms with Crippen molar-refractivity contribution in [2.24, 2.45) is 5.92 Å². The molecule has 2 fully saturated rings. The first-order valence-corrected chi connectivity index (χ1v) is 11.1. The first kappa shape index (κ1) is 21.9. The molecule has 0 aromatic heterocycles. The van der Waals surface area contributed by atoms with Crippen LogP contribution in [0.25, 0.3) is 0 Å². The van der Waals surface area contributed by atoms with E-state index in [2.05, 4.69) is 11.8 Å². The molecule has 0 saturated carbocycles. The fraction of sp³-hybridized carbons (Fsp3) is 0.480. The Morgan fingerprint density at radius 3 is 1.87 bits per heavy atom. The number of morpholine rings is 1. The van der Waals surface area contributed by atoms with Crippen LogP contribution in [0.4, 0.5) is 8.78 Å². The van der Waals surface area contributed by atoms with Gasteiger partial charge in [-0.3, -0.25) is 9.69 Å². The highest BCUT2D eigenvalue weighted by Gasteiger charge is 2.49. The van der Waals surface area contributed by atoms with E-state index in [9.17, 15) is 13.6 Å². The molecule has 0 radical (unpaired) electrons. The minimum absolute atomic E-state index is 0.0176. The second-order valence-electron chi connectivity index (χ2n) is 8.64. The van der Waals surface area contributed by atoms with Gasteiger partial charge in [0.15, 0.2) is 0 Å². The van der Waals surface area contributed by atoms with Crippen LogP contribution in [0.2, 0.25) is 0 Å². The third kappa shape index (κ3) is 4.37. The predicted molar refractivity (Wildman–Crippen MR) is 116 cm³/mol. The van der Waals surface area contributed by atoms with Crippen molar-refractivity contribution in [3.8, 4) is 0 Å². The highest BCUT2D eigenvalue weighted by Crippen LogP contribution is 2.42. The molecule has 0 bridgehead atoms. The van der Waals surface area contributed by atoms with E-state index in [0.717, 1.165) is 37.1 Å². The summed E-state index contributed by atoms with van der Waals surface area (Å²) in [7, 11) is 0. The zero-order valence-corrected chi connectivity index (χ0v) is 18.0. The summed E-state index contributed by atoms with van der Waals surface area (Å²) in [6, 6.07) is 12.5. The first-order chi connectivity index (χ1) is 15.0. The lowest BCUT2D eigenvalue weighted by Gasteiger charge is -2.43. The van der Waals surface area contributed by atoms with Crippen molar-refractivity contribution in [2.45, 2.75) is 25.2 Å². The largest absolute Gasteiger partial charge is 0.379 e. The van der Waals surface area contributed by atoms with Crippen molar-refractivity contribution in [1.82, 2.24) is 9.80 Å². The van der Waals surface area contributed by atoms with Crippen molar-refractivity contribution in [1.29, 1.82) is 0 Å². The van der Waals surface area contributed by atoms with Crippen molar-refractivity contribution in [3.05, 3.63) is 71.3 Å². The number of carbonyl (C=O) groups excluding carboxylic acids is 1. The van der Waals surface area contributed by atoms with Crippen molar-refractivity contribution >= 4 is 5.91 Å². The van der Waals surface area contributed by atoms with E-state index in [1.807, 2.05) is 4.90 Å². The lowest BCUT2D eigenvalue weighted by Crippen LogP contribution is -2.54. The highest BCUT2D eigenvalue weighted by atomic mass is 19.1. The summed E-state index contributed by atoms with van der Waals surface area (Å²) in [5.41, 5.74) is 0.473. The number of hydrogen-bond donors (Lipinski definition) is 0. The van der Waals surface area contributed by atoms with Gasteiger partial charge < -0.3 is 9.64 Å². The van der Waals surface area contributed by atoms with Crippen LogP contribution in [-0.4, -0.2) is 61.6 Å². The first-order valence-electron chi connectivity index (χ1n) is 11.1. The molecule has 2 aliphatic rings. The number of amides is 1. The molecule has 2 aromatic rings. The summed E-state index contributed by atoms with van der Waals surface area (Å²) in [5, 5.41) is 0. The number of ether oxygens (including phenoxy) is 1. The van der Waals surface area contributed by atoms with Gasteiger partial charge in [-0.15, -0.1) is 0 Å². The molecule has 1 amide bonds. The Labute approximate surface area is 182 Å². The van der Waals surface area contributed by atoms with Crippen LogP contribution in [-0.2, 0) is 14.9 Å². The molecule has 1 unspecified atom stereocenters. The van der Waals surface area contributed by atoms with Gasteiger partial charge >= 0.3 is 0 Å². The third-order valence-corrected chi connectivity index (χ3v) is 6.70. The van der Waals surface area contributed by atoms with Crippen molar-refractivity contribution in [2.75, 3.05) is 45.9 Å². The number of benzene rings is 2. The minimum atomic E-state index is -1.02. The second-order valence-corrected chi connectivity index (χ2v) is 8.64. The molecule has 4 nitrogen and oxygen atoms in total. The minimum Gasteiger partial charge on any atom is -0.379 e. The van der Waals surface area contributed by atoms with Gasteiger partial charge in [0.05, 0.1) is 13.2 Å². The number of hydrogen-bond acceptors (Lipinski definition) is 3. The maximum Gasteiger partial charge on any atom is 0.238 e. The highest BCUT2D eigenvalue weighted by molar-refractivity contribution is 5.93. The lowest BCUT2D eigenvalue weighted by atomic mass is 9.65. The lowest BCUT2D eigenvalue weighted by molar-refractivity contribution is -0.137. The molecule has 2 saturated heterocycles. The maximum absolute atomic E-state index is 14.2. The third-order valence-electron chi connectivity index (χ3n) is 6.70. The normalized spacial score (nSPS) is 18.9. The molecule has 1 atom stereocenters. The van der Waals surface area contributed by atoms with E-state index >= 15 is 0 Å². The van der Waals surface area contributed by atoms with Crippen molar-refractivity contribution < 1.29 is 18.3 Å². The summed E-state index contributed by atoms with van der Waals surface area (Å²) in [6.45, 7) is 7.17. The van der Waals surface area contributed by atoms with Gasteiger partial charge in [0.2, 0.25) is 5.91 Å². The van der Waals surface area contributed by atoms with E-state index in [1.54, 1.807) is 24.3 Å². The maximum atomic E-state index is 14.2. The summed E-state index contributed by atoms with van der Waals surface area (Å²) >= 11 is 0. The van der Waals surface area contributed by atoms with Gasteiger partial charge in [0.25, 0.3) is 0 Å². The van der Waals surface area contributed by atoms with Gasteiger partial charge in [0.1, 0.15) is 17.0 Å². The van der Waals surface area contributed by atoms with Crippen LogP contribution < -0.4 is 0 Å². The van der Waals surface area contributed by atoms with Crippen LogP contribution in [0.15, 0.2) is 48.5 Å². The zero-order valence-electron chi connectivity index (χ0n) is 18.0. The van der Waals surface area contributed by atoms with Gasteiger partial charge in [0, 0.05) is 32.7 Å². The molecular weight excluding hydrogens is 398 g/mol. The number of rotatable bonds is 6. The van der Waals surface area contributed by atoms with Gasteiger partial charge in [-0.1, -0.05) is 31.2 Å². The Kier molecular flexibility index (Phi) is 6.68. The van der Waals surface area contributed by atoms with Crippen LogP contribution >= 0.6 is 0 Å². The second kappa shape index (κ2) is 9.45. The molecular formula is C25H30F2N2O2. The number of nitrogens with zero attached hydrogens (tertiary/aromatic N) is 2. The molecule has 2 heterocycles. The number of halogens is 2. The van der Waals surface area contributed by atoms with Crippen molar-refractivity contribution in [3.63, 3.8) is 0 Å². The molecule has 0 aliphatic carbocycles. The number of likely N-dealkylation sites (tertiary alicyclic amines) is 1. The Bertz CT molecular complexity index is 828. The Balaban J connectivity index is 1.84. The summed E-state index contributed by atoms with van der Waals surface area (Å²) in [6.07, 6.45) is 1.96. The van der Waals surface area contributed by atoms with E-state index in [1.165, 1.54) is 24.3 Å². The summed E-state index contributed by atoms with van der Waals surface area (Å²) < 4.78 is 33.2.